The van der Waals surface area contributed by atoms with Crippen LogP contribution in [0.2, 0.25) is 5.28 Å². The van der Waals surface area contributed by atoms with Crippen molar-refractivity contribution >= 4 is 29.1 Å². The Morgan fingerprint density at radius 3 is 3.08 bits per heavy atom. The number of hydrogen-bond acceptors (Lipinski definition) is 4. The topological polar surface area (TPSA) is 71.5 Å². The molecule has 0 unspecified atom stereocenters. The molecule has 2 rings (SSSR count). The molecule has 2 aromatic heterocycles. The van der Waals surface area contributed by atoms with Crippen LogP contribution >= 0.6 is 11.6 Å². The van der Waals surface area contributed by atoms with Gasteiger partial charge in [0.1, 0.15) is 5.52 Å². The predicted molar refractivity (Wildman–Crippen MR) is 42.1 cm³/mol. The number of aromatic nitrogens is 4. The highest BCUT2D eigenvalue weighted by Gasteiger charge is 2.03. The first-order valence-corrected chi connectivity index (χ1v) is 3.51. The fraction of sp³-hybridized carbons (Fsp3) is 0. The van der Waals surface area contributed by atoms with Gasteiger partial charge in [0.2, 0.25) is 5.28 Å². The maximum atomic E-state index is 10.3. The molecule has 0 saturated carbocycles. The van der Waals surface area contributed by atoms with Crippen LogP contribution < -0.4 is 0 Å². The summed E-state index contributed by atoms with van der Waals surface area (Å²) in [6.07, 6.45) is 2.08. The Balaban J connectivity index is 2.75. The molecule has 6 heteroatoms. The Hall–Kier alpha value is -1.49. The maximum Gasteiger partial charge on any atom is 0.224 e. The van der Waals surface area contributed by atoms with E-state index in [2.05, 4.69) is 19.9 Å². The van der Waals surface area contributed by atoms with Crippen LogP contribution in [0.5, 0.6) is 0 Å². The fourth-order valence-corrected chi connectivity index (χ4v) is 0.990. The highest BCUT2D eigenvalue weighted by molar-refractivity contribution is 6.28. The standard InChI is InChI=1S/C6H3ClN4O/c7-6-8-1-3-5(11-6)10-4(2-12)9-3/h1-2H,(H,8,9,10,11). The van der Waals surface area contributed by atoms with E-state index in [9.17, 15) is 4.79 Å². The van der Waals surface area contributed by atoms with Crippen LogP contribution in [0.4, 0.5) is 0 Å². The van der Waals surface area contributed by atoms with Crippen molar-refractivity contribution in [3.8, 4) is 0 Å². The lowest BCUT2D eigenvalue weighted by Gasteiger charge is -1.85. The number of aldehydes is 1. The van der Waals surface area contributed by atoms with Gasteiger partial charge in [-0.2, -0.15) is 4.98 Å². The minimum Gasteiger partial charge on any atom is -0.333 e. The average molecular weight is 183 g/mol. The number of fused-ring (bicyclic) bond motifs is 1. The Labute approximate surface area is 71.8 Å². The zero-order valence-electron chi connectivity index (χ0n) is 5.78. The van der Waals surface area contributed by atoms with Crippen molar-refractivity contribution in [3.63, 3.8) is 0 Å². The molecular weight excluding hydrogens is 180 g/mol. The lowest BCUT2D eigenvalue weighted by atomic mass is 10.6. The van der Waals surface area contributed by atoms with Gasteiger partial charge in [-0.05, 0) is 11.6 Å². The molecule has 0 aromatic carbocycles. The predicted octanol–water partition coefficient (Wildman–Crippen LogP) is 0.819. The first-order chi connectivity index (χ1) is 5.79. The summed E-state index contributed by atoms with van der Waals surface area (Å²) in [5.41, 5.74) is 0.999. The Kier molecular flexibility index (Phi) is 1.51. The molecule has 12 heavy (non-hydrogen) atoms. The summed E-state index contributed by atoms with van der Waals surface area (Å²) >= 11 is 5.51. The summed E-state index contributed by atoms with van der Waals surface area (Å²) in [6, 6.07) is 0. The van der Waals surface area contributed by atoms with Crippen LogP contribution in [-0.2, 0) is 0 Å². The van der Waals surface area contributed by atoms with E-state index in [1.54, 1.807) is 0 Å². The molecule has 0 radical (unpaired) electrons. The largest absolute Gasteiger partial charge is 0.333 e. The van der Waals surface area contributed by atoms with Crippen molar-refractivity contribution in [2.24, 2.45) is 0 Å². The number of aromatic amines is 1. The number of hydrogen-bond donors (Lipinski definition) is 1. The van der Waals surface area contributed by atoms with Crippen LogP contribution in [0.1, 0.15) is 10.6 Å². The van der Waals surface area contributed by atoms with Gasteiger partial charge in [0.25, 0.3) is 0 Å². The minimum absolute atomic E-state index is 0.117. The number of carbonyl (C=O) groups excluding carboxylic acids is 1. The maximum absolute atomic E-state index is 10.3. The van der Waals surface area contributed by atoms with Crippen LogP contribution in [0.25, 0.3) is 11.2 Å². The summed E-state index contributed by atoms with van der Waals surface area (Å²) < 4.78 is 0. The number of nitrogens with one attached hydrogen (secondary N) is 1. The monoisotopic (exact) mass is 182 g/mol. The average Bonchev–Trinajstić information content (AvgIpc) is 2.46. The molecule has 1 N–H and O–H groups in total. The molecule has 0 fully saturated rings. The molecule has 0 atom stereocenters. The lowest BCUT2D eigenvalue weighted by molar-refractivity contribution is 0.111. The van der Waals surface area contributed by atoms with E-state index >= 15 is 0 Å². The second-order valence-electron chi connectivity index (χ2n) is 2.12. The first-order valence-electron chi connectivity index (χ1n) is 3.13. The third-order valence-corrected chi connectivity index (χ3v) is 1.52. The van der Waals surface area contributed by atoms with Gasteiger partial charge in [0, 0.05) is 0 Å². The Morgan fingerprint density at radius 1 is 1.50 bits per heavy atom. The van der Waals surface area contributed by atoms with Crippen molar-refractivity contribution in [3.05, 3.63) is 17.3 Å². The van der Waals surface area contributed by atoms with Gasteiger partial charge in [-0.3, -0.25) is 4.79 Å². The van der Waals surface area contributed by atoms with E-state index in [-0.39, 0.29) is 11.1 Å². The zero-order valence-corrected chi connectivity index (χ0v) is 6.54. The first kappa shape index (κ1) is 7.17. The number of halogens is 1. The molecule has 2 aromatic rings. The highest BCUT2D eigenvalue weighted by Crippen LogP contribution is 2.08. The van der Waals surface area contributed by atoms with Crippen LogP contribution in [-0.4, -0.2) is 26.2 Å². The molecule has 2 heterocycles. The number of carbonyl (C=O) groups is 1. The Bertz CT molecular complexity index is 438. The number of rotatable bonds is 1. The SMILES string of the molecule is O=Cc1nc2nc(Cl)ncc2[nH]1. The molecule has 0 bridgehead atoms. The van der Waals surface area contributed by atoms with Crippen molar-refractivity contribution in [1.82, 2.24) is 19.9 Å². The van der Waals surface area contributed by atoms with Gasteiger partial charge in [0.05, 0.1) is 6.20 Å². The van der Waals surface area contributed by atoms with Gasteiger partial charge in [-0.25, -0.2) is 9.97 Å². The van der Waals surface area contributed by atoms with Gasteiger partial charge in [-0.1, -0.05) is 0 Å². The molecule has 0 saturated heterocycles. The molecule has 0 aliphatic carbocycles. The van der Waals surface area contributed by atoms with E-state index in [0.717, 1.165) is 0 Å². The van der Waals surface area contributed by atoms with Crippen molar-refractivity contribution in [2.75, 3.05) is 0 Å². The minimum atomic E-state index is 0.117. The third-order valence-electron chi connectivity index (χ3n) is 1.34. The smallest absolute Gasteiger partial charge is 0.224 e. The molecule has 0 spiro atoms. The number of H-pyrrole nitrogens is 1. The quantitative estimate of drug-likeness (QED) is 0.524. The van der Waals surface area contributed by atoms with E-state index in [1.807, 2.05) is 0 Å². The van der Waals surface area contributed by atoms with Gasteiger partial charge >= 0.3 is 0 Å². The summed E-state index contributed by atoms with van der Waals surface area (Å²) in [6.45, 7) is 0. The number of imidazole rings is 1. The number of nitrogens with zero attached hydrogens (tertiary/aromatic N) is 3. The molecule has 5 nitrogen and oxygen atoms in total. The van der Waals surface area contributed by atoms with Crippen LogP contribution in [0.3, 0.4) is 0 Å². The molecule has 0 aliphatic rings. The Morgan fingerprint density at radius 2 is 2.33 bits per heavy atom. The van der Waals surface area contributed by atoms with E-state index < -0.39 is 0 Å². The lowest BCUT2D eigenvalue weighted by Crippen LogP contribution is -1.81. The fourth-order valence-electron chi connectivity index (χ4n) is 0.861. The summed E-state index contributed by atoms with van der Waals surface area (Å²) in [4.78, 5) is 24.3. The van der Waals surface area contributed by atoms with Crippen molar-refractivity contribution < 1.29 is 4.79 Å². The van der Waals surface area contributed by atoms with E-state index in [0.29, 0.717) is 17.5 Å². The van der Waals surface area contributed by atoms with Crippen molar-refractivity contribution in [2.45, 2.75) is 0 Å². The normalized spacial score (nSPS) is 10.4. The van der Waals surface area contributed by atoms with Crippen LogP contribution in [0.15, 0.2) is 6.20 Å². The molecule has 0 amide bonds. The van der Waals surface area contributed by atoms with Crippen molar-refractivity contribution in [1.29, 1.82) is 0 Å². The second-order valence-corrected chi connectivity index (χ2v) is 2.45. The van der Waals surface area contributed by atoms with E-state index in [1.165, 1.54) is 6.20 Å². The second kappa shape index (κ2) is 2.53. The molecule has 0 aliphatic heterocycles. The zero-order chi connectivity index (χ0) is 8.55. The van der Waals surface area contributed by atoms with E-state index in [4.69, 9.17) is 11.6 Å². The molecule has 60 valence electrons. The summed E-state index contributed by atoms with van der Waals surface area (Å²) in [5.74, 6) is 0.224. The summed E-state index contributed by atoms with van der Waals surface area (Å²) in [7, 11) is 0. The third kappa shape index (κ3) is 1.04. The van der Waals surface area contributed by atoms with Gasteiger partial charge in [0.15, 0.2) is 17.8 Å². The highest BCUT2D eigenvalue weighted by atomic mass is 35.5. The summed E-state index contributed by atoms with van der Waals surface area (Å²) in [5, 5.41) is 0.117. The van der Waals surface area contributed by atoms with Gasteiger partial charge < -0.3 is 4.98 Å². The van der Waals surface area contributed by atoms with Gasteiger partial charge in [-0.15, -0.1) is 0 Å². The van der Waals surface area contributed by atoms with Crippen LogP contribution in [0, 0.1) is 0 Å². The molecular formula is C6H3ClN4O.